The van der Waals surface area contributed by atoms with Gasteiger partial charge in [-0.1, -0.05) is 6.92 Å². The Morgan fingerprint density at radius 2 is 1.77 bits per heavy atom. The molecule has 1 unspecified atom stereocenters. The van der Waals surface area contributed by atoms with Gasteiger partial charge in [0.1, 0.15) is 11.7 Å². The smallest absolute Gasteiger partial charge is 0.314 e. The zero-order chi connectivity index (χ0) is 10.4. The molecule has 0 spiro atoms. The lowest BCUT2D eigenvalue weighted by Crippen LogP contribution is -2.26. The second-order valence-electron chi connectivity index (χ2n) is 2.70. The lowest BCUT2D eigenvalue weighted by molar-refractivity contribution is -0.152. The highest BCUT2D eigenvalue weighted by molar-refractivity contribution is 6.00. The molecule has 0 amide bonds. The molecule has 0 aromatic carbocycles. The number of carboxylic acid groups (broad SMARTS) is 2. The highest BCUT2D eigenvalue weighted by Gasteiger charge is 2.27. The van der Waals surface area contributed by atoms with Crippen molar-refractivity contribution in [1.29, 1.82) is 0 Å². The standard InChI is InChI=1S/C8H12O5/c1-2-3-6(9)5(8(12)13)4-7(10)11/h5H,2-4H2,1H3,(H,10,11)(H,12,13). The number of ketones is 1. The van der Waals surface area contributed by atoms with Crippen LogP contribution in [-0.4, -0.2) is 27.9 Å². The van der Waals surface area contributed by atoms with Crippen molar-refractivity contribution < 1.29 is 24.6 Å². The van der Waals surface area contributed by atoms with E-state index >= 15 is 0 Å². The Hall–Kier alpha value is -1.39. The predicted octanol–water partition coefficient (Wildman–Crippen LogP) is 0.531. The number of carbonyl (C=O) groups excluding carboxylic acids is 1. The highest BCUT2D eigenvalue weighted by Crippen LogP contribution is 2.09. The van der Waals surface area contributed by atoms with Crippen LogP contribution in [0.5, 0.6) is 0 Å². The van der Waals surface area contributed by atoms with E-state index in [-0.39, 0.29) is 6.42 Å². The third-order valence-corrected chi connectivity index (χ3v) is 1.56. The van der Waals surface area contributed by atoms with Gasteiger partial charge < -0.3 is 10.2 Å². The summed E-state index contributed by atoms with van der Waals surface area (Å²) in [6, 6.07) is 0. The maximum absolute atomic E-state index is 11.1. The average molecular weight is 188 g/mol. The summed E-state index contributed by atoms with van der Waals surface area (Å²) in [6.07, 6.45) is 0.0145. The summed E-state index contributed by atoms with van der Waals surface area (Å²) in [5.74, 6) is -4.53. The van der Waals surface area contributed by atoms with Crippen molar-refractivity contribution in [2.24, 2.45) is 5.92 Å². The number of rotatable bonds is 6. The fraction of sp³-hybridized carbons (Fsp3) is 0.625. The third kappa shape index (κ3) is 4.25. The van der Waals surface area contributed by atoms with Gasteiger partial charge in [-0.2, -0.15) is 0 Å². The van der Waals surface area contributed by atoms with E-state index in [9.17, 15) is 14.4 Å². The van der Waals surface area contributed by atoms with Gasteiger partial charge in [-0.05, 0) is 6.42 Å². The SMILES string of the molecule is CCCC(=O)C(CC(=O)O)C(=O)O. The number of hydrogen-bond donors (Lipinski definition) is 2. The predicted molar refractivity (Wildman–Crippen MR) is 43.3 cm³/mol. The minimum absolute atomic E-state index is 0.115. The van der Waals surface area contributed by atoms with Crippen molar-refractivity contribution >= 4 is 17.7 Å². The Kier molecular flexibility index (Phi) is 4.72. The molecule has 0 aliphatic heterocycles. The van der Waals surface area contributed by atoms with Crippen LogP contribution in [0.15, 0.2) is 0 Å². The van der Waals surface area contributed by atoms with Crippen molar-refractivity contribution in [3.8, 4) is 0 Å². The molecule has 1 atom stereocenters. The second-order valence-corrected chi connectivity index (χ2v) is 2.70. The monoisotopic (exact) mass is 188 g/mol. The van der Waals surface area contributed by atoms with E-state index in [4.69, 9.17) is 10.2 Å². The van der Waals surface area contributed by atoms with Crippen LogP contribution >= 0.6 is 0 Å². The van der Waals surface area contributed by atoms with Crippen LogP contribution < -0.4 is 0 Å². The van der Waals surface area contributed by atoms with Crippen molar-refractivity contribution in [3.05, 3.63) is 0 Å². The van der Waals surface area contributed by atoms with Crippen molar-refractivity contribution in [3.63, 3.8) is 0 Å². The summed E-state index contributed by atoms with van der Waals surface area (Å²) in [5.41, 5.74) is 0. The Labute approximate surface area is 75.4 Å². The quantitative estimate of drug-likeness (QED) is 0.593. The van der Waals surface area contributed by atoms with Gasteiger partial charge in [0.25, 0.3) is 0 Å². The van der Waals surface area contributed by atoms with Crippen LogP contribution in [0, 0.1) is 5.92 Å². The van der Waals surface area contributed by atoms with Crippen LogP contribution in [0.1, 0.15) is 26.2 Å². The molecular formula is C8H12O5. The Morgan fingerprint density at radius 1 is 1.23 bits per heavy atom. The van der Waals surface area contributed by atoms with Gasteiger partial charge in [0.2, 0.25) is 0 Å². The van der Waals surface area contributed by atoms with Gasteiger partial charge in [-0.15, -0.1) is 0 Å². The maximum atomic E-state index is 11.1. The average Bonchev–Trinajstić information content (AvgIpc) is 1.99. The normalized spacial score (nSPS) is 12.1. The fourth-order valence-electron chi connectivity index (χ4n) is 0.934. The van der Waals surface area contributed by atoms with Crippen molar-refractivity contribution in [2.45, 2.75) is 26.2 Å². The molecule has 0 aliphatic rings. The van der Waals surface area contributed by atoms with Crippen LogP contribution in [0.3, 0.4) is 0 Å². The zero-order valence-corrected chi connectivity index (χ0v) is 7.32. The first kappa shape index (κ1) is 11.6. The maximum Gasteiger partial charge on any atom is 0.314 e. The van der Waals surface area contributed by atoms with E-state index in [2.05, 4.69) is 0 Å². The minimum atomic E-state index is -1.39. The van der Waals surface area contributed by atoms with Crippen molar-refractivity contribution in [2.75, 3.05) is 0 Å². The molecule has 0 aliphatic carbocycles. The first-order chi connectivity index (χ1) is 5.99. The Balaban J connectivity index is 4.32. The van der Waals surface area contributed by atoms with Gasteiger partial charge >= 0.3 is 11.9 Å². The van der Waals surface area contributed by atoms with Gasteiger partial charge in [0, 0.05) is 6.42 Å². The summed E-state index contributed by atoms with van der Waals surface area (Å²) in [6.45, 7) is 1.73. The second kappa shape index (κ2) is 5.29. The van der Waals surface area contributed by atoms with E-state index in [0.717, 1.165) is 0 Å². The number of Topliss-reactive ketones (excluding diaryl/α,β-unsaturated/α-hetero) is 1. The largest absolute Gasteiger partial charge is 0.481 e. The van der Waals surface area contributed by atoms with E-state index in [1.165, 1.54) is 0 Å². The molecule has 2 N–H and O–H groups in total. The Bertz CT molecular complexity index is 221. The molecule has 74 valence electrons. The number of hydrogen-bond acceptors (Lipinski definition) is 3. The summed E-state index contributed by atoms with van der Waals surface area (Å²) in [7, 11) is 0. The molecule has 0 saturated heterocycles. The number of carbonyl (C=O) groups is 3. The van der Waals surface area contributed by atoms with Crippen LogP contribution in [0.25, 0.3) is 0 Å². The molecule has 0 radical (unpaired) electrons. The lowest BCUT2D eigenvalue weighted by Gasteiger charge is -2.06. The van der Waals surface area contributed by atoms with Gasteiger partial charge in [0.05, 0.1) is 6.42 Å². The summed E-state index contributed by atoms with van der Waals surface area (Å²) >= 11 is 0. The fourth-order valence-corrected chi connectivity index (χ4v) is 0.934. The molecule has 13 heavy (non-hydrogen) atoms. The van der Waals surface area contributed by atoms with E-state index in [0.29, 0.717) is 6.42 Å². The van der Waals surface area contributed by atoms with Gasteiger partial charge in [0.15, 0.2) is 0 Å². The first-order valence-electron chi connectivity index (χ1n) is 3.96. The molecule has 0 bridgehead atoms. The molecule has 0 heterocycles. The molecule has 0 saturated carbocycles. The summed E-state index contributed by atoms with van der Waals surface area (Å²) in [5, 5.41) is 16.9. The molecular weight excluding hydrogens is 176 g/mol. The molecule has 0 aromatic heterocycles. The van der Waals surface area contributed by atoms with Gasteiger partial charge in [-0.25, -0.2) is 0 Å². The highest BCUT2D eigenvalue weighted by atomic mass is 16.4. The molecule has 5 nitrogen and oxygen atoms in total. The number of aliphatic carboxylic acids is 2. The van der Waals surface area contributed by atoms with Crippen molar-refractivity contribution in [1.82, 2.24) is 0 Å². The molecule has 0 aromatic rings. The number of carboxylic acids is 2. The van der Waals surface area contributed by atoms with Crippen LogP contribution in [0.2, 0.25) is 0 Å². The topological polar surface area (TPSA) is 91.7 Å². The zero-order valence-electron chi connectivity index (χ0n) is 7.32. The molecule has 0 fully saturated rings. The lowest BCUT2D eigenvalue weighted by atomic mass is 9.97. The van der Waals surface area contributed by atoms with E-state index < -0.39 is 30.1 Å². The van der Waals surface area contributed by atoms with Gasteiger partial charge in [-0.3, -0.25) is 14.4 Å². The van der Waals surface area contributed by atoms with Crippen LogP contribution in [-0.2, 0) is 14.4 Å². The van der Waals surface area contributed by atoms with Crippen LogP contribution in [0.4, 0.5) is 0 Å². The first-order valence-corrected chi connectivity index (χ1v) is 3.96. The molecule has 0 rings (SSSR count). The molecule has 5 heteroatoms. The van der Waals surface area contributed by atoms with E-state index in [1.54, 1.807) is 6.92 Å². The summed E-state index contributed by atoms with van der Waals surface area (Å²) in [4.78, 5) is 31.8. The van der Waals surface area contributed by atoms with E-state index in [1.807, 2.05) is 0 Å². The summed E-state index contributed by atoms with van der Waals surface area (Å²) < 4.78 is 0. The third-order valence-electron chi connectivity index (χ3n) is 1.56. The minimum Gasteiger partial charge on any atom is -0.481 e. The Morgan fingerprint density at radius 3 is 2.08 bits per heavy atom.